The highest BCUT2D eigenvalue weighted by Gasteiger charge is 2.22. The molecule has 2 aromatic rings. The fourth-order valence-corrected chi connectivity index (χ4v) is 1.94. The molecule has 0 amide bonds. The SMILES string of the molecule is [2H]C([2H])(c1ccccc1)c1ccc(C2CC2)cc1. The zero-order valence-electron chi connectivity index (χ0n) is 11.2. The molecule has 0 saturated heterocycles. The van der Waals surface area contributed by atoms with E-state index in [0.29, 0.717) is 5.56 Å². The van der Waals surface area contributed by atoms with Crippen LogP contribution in [0.2, 0.25) is 0 Å². The molecule has 0 aliphatic heterocycles. The van der Waals surface area contributed by atoms with E-state index in [2.05, 4.69) is 12.1 Å². The van der Waals surface area contributed by atoms with Gasteiger partial charge in [-0.1, -0.05) is 54.6 Å². The average molecular weight is 210 g/mol. The zero-order chi connectivity index (χ0) is 12.6. The van der Waals surface area contributed by atoms with Gasteiger partial charge in [-0.2, -0.15) is 0 Å². The Bertz CT molecular complexity index is 525. The van der Waals surface area contributed by atoms with Crippen molar-refractivity contribution in [1.82, 2.24) is 0 Å². The maximum Gasteiger partial charge on any atom is 0.0366 e. The minimum absolute atomic E-state index is 0.712. The van der Waals surface area contributed by atoms with Crippen LogP contribution in [0.25, 0.3) is 0 Å². The van der Waals surface area contributed by atoms with E-state index in [1.54, 1.807) is 0 Å². The zero-order valence-corrected chi connectivity index (χ0v) is 9.19. The van der Waals surface area contributed by atoms with Gasteiger partial charge in [-0.25, -0.2) is 0 Å². The van der Waals surface area contributed by atoms with E-state index in [4.69, 9.17) is 2.74 Å². The molecule has 1 aliphatic rings. The molecule has 2 aromatic carbocycles. The highest BCUT2D eigenvalue weighted by Crippen LogP contribution is 2.39. The predicted octanol–water partition coefficient (Wildman–Crippen LogP) is 4.15. The summed E-state index contributed by atoms with van der Waals surface area (Å²) < 4.78 is 16.5. The van der Waals surface area contributed by atoms with Gasteiger partial charge in [0.15, 0.2) is 0 Å². The van der Waals surface area contributed by atoms with Crippen molar-refractivity contribution in [1.29, 1.82) is 0 Å². The van der Waals surface area contributed by atoms with E-state index < -0.39 is 6.37 Å². The highest BCUT2D eigenvalue weighted by molar-refractivity contribution is 5.31. The lowest BCUT2D eigenvalue weighted by Gasteiger charge is -2.03. The third-order valence-electron chi connectivity index (χ3n) is 3.02. The fourth-order valence-electron chi connectivity index (χ4n) is 1.94. The van der Waals surface area contributed by atoms with Crippen LogP contribution in [0.4, 0.5) is 0 Å². The molecule has 0 atom stereocenters. The third kappa shape index (κ3) is 2.16. The molecule has 1 aliphatic carbocycles. The largest absolute Gasteiger partial charge is 0.0622 e. The number of hydrogen-bond acceptors (Lipinski definition) is 0. The summed E-state index contributed by atoms with van der Waals surface area (Å²) in [6.07, 6.45) is 1.15. The van der Waals surface area contributed by atoms with E-state index in [1.165, 1.54) is 18.4 Å². The van der Waals surface area contributed by atoms with Crippen LogP contribution < -0.4 is 0 Å². The van der Waals surface area contributed by atoms with Gasteiger partial charge in [-0.15, -0.1) is 0 Å². The van der Waals surface area contributed by atoms with Gasteiger partial charge in [-0.05, 0) is 41.8 Å². The molecule has 0 heterocycles. The van der Waals surface area contributed by atoms with Crippen molar-refractivity contribution < 1.29 is 2.74 Å². The summed E-state index contributed by atoms with van der Waals surface area (Å²) >= 11 is 0. The third-order valence-corrected chi connectivity index (χ3v) is 3.02. The summed E-state index contributed by atoms with van der Waals surface area (Å²) in [4.78, 5) is 0. The van der Waals surface area contributed by atoms with Crippen LogP contribution in [0.1, 0.15) is 38.2 Å². The molecule has 0 heteroatoms. The van der Waals surface area contributed by atoms with Gasteiger partial charge in [0.1, 0.15) is 0 Å². The van der Waals surface area contributed by atoms with Crippen LogP contribution in [0.5, 0.6) is 0 Å². The number of benzene rings is 2. The summed E-state index contributed by atoms with van der Waals surface area (Å²) in [6.45, 7) is 0. The van der Waals surface area contributed by atoms with Crippen molar-refractivity contribution in [2.24, 2.45) is 0 Å². The molecule has 1 saturated carbocycles. The molecule has 0 bridgehead atoms. The Morgan fingerprint density at radius 1 is 0.875 bits per heavy atom. The molecule has 0 spiro atoms. The second kappa shape index (κ2) is 4.13. The van der Waals surface area contributed by atoms with Gasteiger partial charge < -0.3 is 0 Å². The minimum Gasteiger partial charge on any atom is -0.0622 e. The van der Waals surface area contributed by atoms with Crippen molar-refractivity contribution in [3.8, 4) is 0 Å². The molecular formula is C16H16. The Labute approximate surface area is 99.8 Å². The molecule has 0 N–H and O–H groups in total. The maximum atomic E-state index is 8.27. The van der Waals surface area contributed by atoms with Crippen molar-refractivity contribution in [3.05, 3.63) is 71.3 Å². The first-order valence-corrected chi connectivity index (χ1v) is 5.84. The van der Waals surface area contributed by atoms with E-state index in [1.807, 2.05) is 42.5 Å². The predicted molar refractivity (Wildman–Crippen MR) is 67.7 cm³/mol. The molecular weight excluding hydrogens is 192 g/mol. The van der Waals surface area contributed by atoms with E-state index in [0.717, 1.165) is 11.5 Å². The van der Waals surface area contributed by atoms with Crippen LogP contribution in [0.15, 0.2) is 54.6 Å². The smallest absolute Gasteiger partial charge is 0.0366 e. The second-order valence-electron chi connectivity index (χ2n) is 4.39. The number of rotatable bonds is 3. The Kier molecular flexibility index (Phi) is 1.98. The molecule has 16 heavy (non-hydrogen) atoms. The Morgan fingerprint density at radius 2 is 1.50 bits per heavy atom. The first-order valence-electron chi connectivity index (χ1n) is 6.84. The molecule has 0 radical (unpaired) electrons. The van der Waals surface area contributed by atoms with Crippen molar-refractivity contribution >= 4 is 0 Å². The number of hydrogen-bond donors (Lipinski definition) is 0. The second-order valence-corrected chi connectivity index (χ2v) is 4.39. The average Bonchev–Trinajstić information content (AvgIpc) is 3.24. The van der Waals surface area contributed by atoms with Crippen LogP contribution in [-0.4, -0.2) is 0 Å². The lowest BCUT2D eigenvalue weighted by atomic mass is 10.0. The monoisotopic (exact) mass is 210 g/mol. The van der Waals surface area contributed by atoms with Gasteiger partial charge in [0.25, 0.3) is 0 Å². The maximum absolute atomic E-state index is 8.27. The normalized spacial score (nSPS) is 17.8. The Hall–Kier alpha value is -1.56. The summed E-state index contributed by atoms with van der Waals surface area (Å²) in [5.41, 5.74) is 2.80. The van der Waals surface area contributed by atoms with Crippen molar-refractivity contribution in [3.63, 3.8) is 0 Å². The van der Waals surface area contributed by atoms with Crippen LogP contribution in [0, 0.1) is 0 Å². The molecule has 3 rings (SSSR count). The first-order chi connectivity index (χ1) is 8.68. The summed E-state index contributed by atoms with van der Waals surface area (Å²) in [5, 5.41) is 0. The highest BCUT2D eigenvalue weighted by atomic mass is 14.3. The van der Waals surface area contributed by atoms with Crippen molar-refractivity contribution in [2.45, 2.75) is 25.1 Å². The van der Waals surface area contributed by atoms with Crippen LogP contribution in [-0.2, 0) is 6.37 Å². The molecule has 0 unspecified atom stereocenters. The minimum atomic E-state index is -1.41. The van der Waals surface area contributed by atoms with Crippen molar-refractivity contribution in [2.75, 3.05) is 0 Å². The fraction of sp³-hybridized carbons (Fsp3) is 0.250. The molecule has 1 fully saturated rings. The molecule has 80 valence electrons. The van der Waals surface area contributed by atoms with E-state index in [9.17, 15) is 0 Å². The van der Waals surface area contributed by atoms with Gasteiger partial charge >= 0.3 is 0 Å². The Balaban J connectivity index is 1.92. The van der Waals surface area contributed by atoms with Crippen LogP contribution in [0.3, 0.4) is 0 Å². The van der Waals surface area contributed by atoms with E-state index in [-0.39, 0.29) is 0 Å². The topological polar surface area (TPSA) is 0 Å². The lowest BCUT2D eigenvalue weighted by molar-refractivity contribution is 1.11. The lowest BCUT2D eigenvalue weighted by Crippen LogP contribution is -1.88. The quantitative estimate of drug-likeness (QED) is 0.713. The van der Waals surface area contributed by atoms with E-state index >= 15 is 0 Å². The van der Waals surface area contributed by atoms with Gasteiger partial charge in [0, 0.05) is 2.74 Å². The van der Waals surface area contributed by atoms with Crippen LogP contribution >= 0.6 is 0 Å². The first kappa shape index (κ1) is 7.67. The summed E-state index contributed by atoms with van der Waals surface area (Å²) in [7, 11) is 0. The summed E-state index contributed by atoms with van der Waals surface area (Å²) in [5.74, 6) is 0.724. The molecule has 0 nitrogen and oxygen atoms in total. The summed E-state index contributed by atoms with van der Waals surface area (Å²) in [6, 6.07) is 17.4. The Morgan fingerprint density at radius 3 is 2.12 bits per heavy atom. The van der Waals surface area contributed by atoms with Gasteiger partial charge in [0.2, 0.25) is 0 Å². The molecule has 0 aromatic heterocycles. The van der Waals surface area contributed by atoms with Gasteiger partial charge in [-0.3, -0.25) is 0 Å². The van der Waals surface area contributed by atoms with Gasteiger partial charge in [0.05, 0.1) is 0 Å². The standard InChI is InChI=1S/C16H16/c1-2-4-13(5-3-1)12-14-6-8-15(9-7-14)16-10-11-16/h1-9,16H,10-12H2/i12D2.